The fourth-order valence-electron chi connectivity index (χ4n) is 0.0680. The van der Waals surface area contributed by atoms with Gasteiger partial charge in [0.1, 0.15) is 16.5 Å². The van der Waals surface area contributed by atoms with Crippen LogP contribution in [0.15, 0.2) is 0 Å². The summed E-state index contributed by atoms with van der Waals surface area (Å²) in [7, 11) is -7.03. The van der Waals surface area contributed by atoms with Crippen LogP contribution in [-0.2, 0) is 13.4 Å². The fraction of sp³-hybridized carbons (Fsp3) is 1.00. The fourth-order valence-corrected chi connectivity index (χ4v) is 0.612. The maximum Gasteiger partial charge on any atom is 1.00 e. The molecule has 10 heteroatoms. The molecule has 0 bridgehead atoms. The average molecular weight is 282 g/mol. The Morgan fingerprint density at radius 1 is 1.23 bits per heavy atom. The molecule has 0 saturated heterocycles. The summed E-state index contributed by atoms with van der Waals surface area (Å²) in [5.41, 5.74) is 0. The molecule has 0 saturated carbocycles. The van der Waals surface area contributed by atoms with Crippen LogP contribution >= 0.6 is 16.5 Å². The third kappa shape index (κ3) is 39.0. The maximum absolute atomic E-state index is 9.29. The molecule has 0 spiro atoms. The van der Waals surface area contributed by atoms with E-state index in [0.717, 1.165) is 6.42 Å². The van der Waals surface area contributed by atoms with Crippen LogP contribution in [0.3, 0.4) is 0 Å². The second-order valence-electron chi connectivity index (χ2n) is 1.33. The molecule has 0 aliphatic heterocycles. The van der Waals surface area contributed by atoms with Crippen LogP contribution in [-0.4, -0.2) is 11.7 Å². The summed E-state index contributed by atoms with van der Waals surface area (Å²) in [5.74, 6) is 0. The SMILES string of the molecule is CCCO.O=[PH]([O-])O[PH](=O)[O-].[K+].[K+]. The Labute approximate surface area is 164 Å². The molecular formula is C3H10K2O6P2. The molecule has 2 atom stereocenters. The van der Waals surface area contributed by atoms with Gasteiger partial charge in [-0.3, -0.25) is 4.31 Å². The van der Waals surface area contributed by atoms with Crippen molar-refractivity contribution in [2.24, 2.45) is 0 Å². The van der Waals surface area contributed by atoms with Crippen LogP contribution in [0.2, 0.25) is 0 Å². The Kier molecular flexibility index (Phi) is 40.9. The Bertz CT molecular complexity index is 119. The van der Waals surface area contributed by atoms with E-state index in [0.29, 0.717) is 6.61 Å². The van der Waals surface area contributed by atoms with Gasteiger partial charge in [0.2, 0.25) is 0 Å². The van der Waals surface area contributed by atoms with Gasteiger partial charge in [-0.05, 0) is 6.42 Å². The second kappa shape index (κ2) is 20.9. The molecular weight excluding hydrogens is 272 g/mol. The van der Waals surface area contributed by atoms with Gasteiger partial charge >= 0.3 is 103 Å². The molecule has 0 aromatic heterocycles. The van der Waals surface area contributed by atoms with Crippen molar-refractivity contribution in [3.8, 4) is 0 Å². The van der Waals surface area contributed by atoms with Crippen molar-refractivity contribution in [1.29, 1.82) is 0 Å². The molecule has 0 aromatic rings. The van der Waals surface area contributed by atoms with E-state index in [-0.39, 0.29) is 103 Å². The van der Waals surface area contributed by atoms with Crippen molar-refractivity contribution in [3.63, 3.8) is 0 Å². The van der Waals surface area contributed by atoms with E-state index in [1.54, 1.807) is 0 Å². The van der Waals surface area contributed by atoms with E-state index in [1.165, 1.54) is 0 Å². The van der Waals surface area contributed by atoms with Gasteiger partial charge in [-0.15, -0.1) is 0 Å². The summed E-state index contributed by atoms with van der Waals surface area (Å²) in [6, 6.07) is 0. The van der Waals surface area contributed by atoms with Gasteiger partial charge in [0, 0.05) is 6.61 Å². The molecule has 2 unspecified atom stereocenters. The maximum atomic E-state index is 9.29. The molecule has 70 valence electrons. The van der Waals surface area contributed by atoms with Crippen molar-refractivity contribution in [2.45, 2.75) is 13.3 Å². The smallest absolute Gasteiger partial charge is 0.781 e. The Morgan fingerprint density at radius 3 is 1.46 bits per heavy atom. The normalized spacial score (nSPS) is 12.3. The Morgan fingerprint density at radius 2 is 1.46 bits per heavy atom. The number of aliphatic hydroxyl groups excluding tert-OH is 1. The largest absolute Gasteiger partial charge is 1.00 e. The minimum absolute atomic E-state index is 0. The van der Waals surface area contributed by atoms with Crippen LogP contribution < -0.4 is 113 Å². The first-order valence-electron chi connectivity index (χ1n) is 2.75. The topological polar surface area (TPSA) is 110 Å². The first-order chi connectivity index (χ1) is 5.04. The van der Waals surface area contributed by atoms with Crippen molar-refractivity contribution >= 4 is 16.5 Å². The zero-order valence-electron chi connectivity index (χ0n) is 7.90. The predicted molar refractivity (Wildman–Crippen MR) is 36.5 cm³/mol. The van der Waals surface area contributed by atoms with E-state index in [9.17, 15) is 18.9 Å². The van der Waals surface area contributed by atoms with Gasteiger partial charge in [-0.25, -0.2) is 0 Å². The number of rotatable bonds is 3. The van der Waals surface area contributed by atoms with Crippen LogP contribution in [0.25, 0.3) is 0 Å². The van der Waals surface area contributed by atoms with Crippen LogP contribution in [0.1, 0.15) is 13.3 Å². The van der Waals surface area contributed by atoms with Gasteiger partial charge in [0.15, 0.2) is 0 Å². The molecule has 0 aliphatic rings. The minimum atomic E-state index is -3.51. The molecule has 0 rings (SSSR count). The monoisotopic (exact) mass is 282 g/mol. The quantitative estimate of drug-likeness (QED) is 0.407. The van der Waals surface area contributed by atoms with Crippen LogP contribution in [0.5, 0.6) is 0 Å². The summed E-state index contributed by atoms with van der Waals surface area (Å²) >= 11 is 0. The molecule has 0 radical (unpaired) electrons. The predicted octanol–water partition coefficient (Wildman–Crippen LogP) is -7.10. The molecule has 0 aliphatic carbocycles. The third-order valence-corrected chi connectivity index (χ3v) is 1.72. The first kappa shape index (κ1) is 25.4. The molecule has 6 nitrogen and oxygen atoms in total. The Balaban J connectivity index is -0.0000000600. The van der Waals surface area contributed by atoms with E-state index >= 15 is 0 Å². The van der Waals surface area contributed by atoms with Gasteiger partial charge in [-0.2, -0.15) is 0 Å². The molecule has 1 N–H and O–H groups in total. The van der Waals surface area contributed by atoms with Crippen molar-refractivity contribution in [1.82, 2.24) is 0 Å². The number of hydrogen-bond acceptors (Lipinski definition) is 6. The number of aliphatic hydroxyl groups is 1. The zero-order valence-corrected chi connectivity index (χ0v) is 16.1. The molecule has 0 amide bonds. The third-order valence-electron chi connectivity index (χ3n) is 0.390. The summed E-state index contributed by atoms with van der Waals surface area (Å²) in [6.07, 6.45) is 0.875. The second-order valence-corrected chi connectivity index (χ2v) is 3.14. The molecule has 0 heterocycles. The van der Waals surface area contributed by atoms with E-state index in [2.05, 4.69) is 4.31 Å². The Hall–Kier alpha value is 3.57. The van der Waals surface area contributed by atoms with E-state index in [4.69, 9.17) is 5.11 Å². The molecule has 13 heavy (non-hydrogen) atoms. The van der Waals surface area contributed by atoms with E-state index < -0.39 is 16.5 Å². The number of hydrogen-bond donors (Lipinski definition) is 1. The van der Waals surface area contributed by atoms with E-state index in [1.807, 2.05) is 6.92 Å². The average Bonchev–Trinajstić information content (AvgIpc) is 1.85. The van der Waals surface area contributed by atoms with Crippen molar-refractivity contribution in [2.75, 3.05) is 6.61 Å². The van der Waals surface area contributed by atoms with Gasteiger partial charge in [0.05, 0.1) is 0 Å². The summed E-state index contributed by atoms with van der Waals surface area (Å²) in [4.78, 5) is 18.6. The van der Waals surface area contributed by atoms with Crippen molar-refractivity contribution < 1.29 is 131 Å². The standard InChI is InChI=1S/C3H8O.2K.H4O5P2/c1-2-3-4;;;1-6(2)5-7(3)4/h4H,2-3H2,1H3;;;6-7H,(H,1,2)(H,3,4)/q;2*+1;/p-2. The first-order valence-corrected chi connectivity index (χ1v) is 5.20. The summed E-state index contributed by atoms with van der Waals surface area (Å²) in [6.45, 7) is 2.25. The van der Waals surface area contributed by atoms with Gasteiger partial charge in [-0.1, -0.05) is 6.92 Å². The van der Waals surface area contributed by atoms with Crippen LogP contribution in [0.4, 0.5) is 0 Å². The summed E-state index contributed by atoms with van der Waals surface area (Å²) < 4.78 is 21.8. The summed E-state index contributed by atoms with van der Waals surface area (Å²) in [5, 5.41) is 7.88. The molecule has 0 fully saturated rings. The van der Waals surface area contributed by atoms with Gasteiger partial charge < -0.3 is 24.0 Å². The van der Waals surface area contributed by atoms with Crippen LogP contribution in [0, 0.1) is 0 Å². The minimum Gasteiger partial charge on any atom is -0.781 e. The molecule has 0 aromatic carbocycles. The zero-order chi connectivity index (χ0) is 9.28. The van der Waals surface area contributed by atoms with Crippen molar-refractivity contribution in [3.05, 3.63) is 0 Å². The van der Waals surface area contributed by atoms with Gasteiger partial charge in [0.25, 0.3) is 0 Å².